The molecule has 0 N–H and O–H groups in total. The number of esters is 1. The third-order valence-electron chi connectivity index (χ3n) is 2.21. The number of methoxy groups -OCH3 is 2. The van der Waals surface area contributed by atoms with Crippen LogP contribution < -0.4 is 0 Å². The van der Waals surface area contributed by atoms with Gasteiger partial charge in [-0.1, -0.05) is 0 Å². The first-order valence-electron chi connectivity index (χ1n) is 4.75. The Hall–Kier alpha value is -1.27. The number of hydrogen-bond acceptors (Lipinski definition) is 5. The average Bonchev–Trinajstić information content (AvgIpc) is 2.36. The molecule has 17 heavy (non-hydrogen) atoms. The van der Waals surface area contributed by atoms with Gasteiger partial charge in [0.1, 0.15) is 5.69 Å². The number of aromatic nitrogens is 1. The maximum absolute atomic E-state index is 12.0. The predicted molar refractivity (Wildman–Crippen MR) is 64.2 cm³/mol. The lowest BCUT2D eigenvalue weighted by Gasteiger charge is -2.18. The number of ether oxygens (including phenoxy) is 2. The van der Waals surface area contributed by atoms with Crippen LogP contribution in [-0.4, -0.2) is 35.5 Å². The molecule has 0 radical (unpaired) electrons. The summed E-state index contributed by atoms with van der Waals surface area (Å²) < 4.78 is 8.42. The number of rotatable bonds is 4. The zero-order valence-corrected chi connectivity index (χ0v) is 11.3. The van der Waals surface area contributed by atoms with Crippen molar-refractivity contribution < 1.29 is 19.1 Å². The van der Waals surface area contributed by atoms with Crippen LogP contribution in [0.1, 0.15) is 27.8 Å². The number of ketones is 1. The van der Waals surface area contributed by atoms with Gasteiger partial charge in [-0.3, -0.25) is 4.79 Å². The second kappa shape index (κ2) is 5.37. The maximum atomic E-state index is 12.0. The lowest BCUT2D eigenvalue weighted by Crippen LogP contribution is -2.30. The van der Waals surface area contributed by atoms with Gasteiger partial charge >= 0.3 is 5.97 Å². The molecule has 0 saturated carbocycles. The molecule has 0 aliphatic carbocycles. The van der Waals surface area contributed by atoms with Crippen LogP contribution in [0.3, 0.4) is 0 Å². The minimum absolute atomic E-state index is 0.0813. The van der Waals surface area contributed by atoms with Crippen molar-refractivity contribution in [3.8, 4) is 0 Å². The lowest BCUT2D eigenvalue weighted by atomic mass is 10.1. The van der Waals surface area contributed by atoms with Gasteiger partial charge in [0.2, 0.25) is 5.78 Å². The first-order chi connectivity index (χ1) is 7.92. The van der Waals surface area contributed by atoms with E-state index < -0.39 is 10.5 Å². The van der Waals surface area contributed by atoms with Gasteiger partial charge in [-0.05, 0) is 35.0 Å². The molecule has 0 bridgehead atoms. The predicted octanol–water partition coefficient (Wildman–Crippen LogP) is 1.81. The van der Waals surface area contributed by atoms with Crippen molar-refractivity contribution in [3.05, 3.63) is 29.6 Å². The molecular formula is C11H12BrNO4. The van der Waals surface area contributed by atoms with Gasteiger partial charge in [-0.15, -0.1) is 0 Å². The number of nitrogens with zero attached hydrogens (tertiary/aromatic N) is 1. The fourth-order valence-electron chi connectivity index (χ4n) is 1.14. The quantitative estimate of drug-likeness (QED) is 0.482. The summed E-state index contributed by atoms with van der Waals surface area (Å²) in [5.74, 6) is -0.888. The molecule has 0 fully saturated rings. The normalized spacial score (nSPS) is 13.9. The number of halogens is 1. The van der Waals surface area contributed by atoms with E-state index in [1.54, 1.807) is 6.92 Å². The molecule has 0 aromatic carbocycles. The summed E-state index contributed by atoms with van der Waals surface area (Å²) in [5, 5.41) is 0. The Morgan fingerprint density at radius 2 is 2.06 bits per heavy atom. The Labute approximate surface area is 107 Å². The van der Waals surface area contributed by atoms with E-state index >= 15 is 0 Å². The molecule has 1 aromatic heterocycles. The molecule has 1 aromatic rings. The van der Waals surface area contributed by atoms with Crippen molar-refractivity contribution in [2.75, 3.05) is 14.2 Å². The highest BCUT2D eigenvalue weighted by Crippen LogP contribution is 2.23. The maximum Gasteiger partial charge on any atom is 0.356 e. The summed E-state index contributed by atoms with van der Waals surface area (Å²) in [6, 6.07) is 2.88. The monoisotopic (exact) mass is 301 g/mol. The summed E-state index contributed by atoms with van der Waals surface area (Å²) >= 11 is 3.15. The molecular weight excluding hydrogens is 290 g/mol. The highest BCUT2D eigenvalue weighted by molar-refractivity contribution is 9.10. The number of carbonyl (C=O) groups is 2. The number of alkyl halides is 1. The van der Waals surface area contributed by atoms with Crippen LogP contribution in [-0.2, 0) is 9.47 Å². The van der Waals surface area contributed by atoms with Crippen molar-refractivity contribution in [2.24, 2.45) is 0 Å². The van der Waals surface area contributed by atoms with Crippen LogP contribution in [0.4, 0.5) is 0 Å². The van der Waals surface area contributed by atoms with Crippen molar-refractivity contribution in [3.63, 3.8) is 0 Å². The Morgan fingerprint density at radius 3 is 2.59 bits per heavy atom. The summed E-state index contributed by atoms with van der Waals surface area (Å²) in [7, 11) is 2.66. The van der Waals surface area contributed by atoms with Crippen LogP contribution in [0.2, 0.25) is 0 Å². The number of carbonyl (C=O) groups excluding carboxylic acids is 2. The zero-order valence-electron chi connectivity index (χ0n) is 9.69. The largest absolute Gasteiger partial charge is 0.464 e. The second-order valence-corrected chi connectivity index (χ2v) is 4.88. The topological polar surface area (TPSA) is 65.5 Å². The number of hydrogen-bond donors (Lipinski definition) is 0. The minimum Gasteiger partial charge on any atom is -0.464 e. The molecule has 5 nitrogen and oxygen atoms in total. The van der Waals surface area contributed by atoms with Crippen LogP contribution in [0.25, 0.3) is 0 Å². The summed E-state index contributed by atoms with van der Waals surface area (Å²) in [4.78, 5) is 27.1. The molecule has 92 valence electrons. The Bertz CT molecular complexity index is 445. The number of Topliss-reactive ketones (excluding diaryl/α,β-unsaturated/α-hetero) is 1. The van der Waals surface area contributed by atoms with E-state index in [-0.39, 0.29) is 11.5 Å². The van der Waals surface area contributed by atoms with Crippen molar-refractivity contribution >= 4 is 27.7 Å². The summed E-state index contributed by atoms with van der Waals surface area (Å²) in [6.07, 6.45) is 1.37. The van der Waals surface area contributed by atoms with Gasteiger partial charge in [-0.2, -0.15) is 0 Å². The van der Waals surface area contributed by atoms with E-state index in [0.29, 0.717) is 5.56 Å². The Morgan fingerprint density at radius 1 is 1.41 bits per heavy atom. The molecule has 6 heteroatoms. The molecule has 0 aliphatic heterocycles. The zero-order chi connectivity index (χ0) is 13.1. The van der Waals surface area contributed by atoms with E-state index in [9.17, 15) is 9.59 Å². The highest BCUT2D eigenvalue weighted by atomic mass is 79.9. The fraction of sp³-hybridized carbons (Fsp3) is 0.364. The van der Waals surface area contributed by atoms with Gasteiger partial charge in [0, 0.05) is 18.9 Å². The second-order valence-electron chi connectivity index (χ2n) is 3.37. The molecule has 1 heterocycles. The molecule has 0 amide bonds. The molecule has 1 unspecified atom stereocenters. The standard InChI is InChI=1S/C11H12BrNO4/c1-11(12,17-3)9(14)7-4-5-13-8(6-7)10(15)16-2/h4-6H,1-3H3. The third kappa shape index (κ3) is 3.10. The van der Waals surface area contributed by atoms with Gasteiger partial charge in [-0.25, -0.2) is 9.78 Å². The van der Waals surface area contributed by atoms with Crippen LogP contribution in [0.15, 0.2) is 18.3 Å². The van der Waals surface area contributed by atoms with Crippen LogP contribution in [0, 0.1) is 0 Å². The van der Waals surface area contributed by atoms with E-state index in [4.69, 9.17) is 4.74 Å². The van der Waals surface area contributed by atoms with Crippen LogP contribution in [0.5, 0.6) is 0 Å². The molecule has 1 atom stereocenters. The van der Waals surface area contributed by atoms with Crippen molar-refractivity contribution in [2.45, 2.75) is 11.4 Å². The van der Waals surface area contributed by atoms with E-state index in [0.717, 1.165) is 0 Å². The lowest BCUT2D eigenvalue weighted by molar-refractivity contribution is 0.0568. The molecule has 1 rings (SSSR count). The Kier molecular flexibility index (Phi) is 4.36. The van der Waals surface area contributed by atoms with E-state index in [2.05, 4.69) is 25.7 Å². The first kappa shape index (κ1) is 13.8. The Balaban J connectivity index is 3.08. The molecule has 0 aliphatic rings. The molecule has 0 saturated heterocycles. The fourth-order valence-corrected chi connectivity index (χ4v) is 1.37. The minimum atomic E-state index is -1.12. The van der Waals surface area contributed by atoms with Gasteiger partial charge < -0.3 is 9.47 Å². The SMILES string of the molecule is COC(=O)c1cc(C(=O)C(C)(Br)OC)ccn1. The average molecular weight is 302 g/mol. The first-order valence-corrected chi connectivity index (χ1v) is 5.55. The van der Waals surface area contributed by atoms with Gasteiger partial charge in [0.05, 0.1) is 7.11 Å². The van der Waals surface area contributed by atoms with Crippen LogP contribution >= 0.6 is 15.9 Å². The van der Waals surface area contributed by atoms with Crippen molar-refractivity contribution in [1.82, 2.24) is 4.98 Å². The van der Waals surface area contributed by atoms with Crippen molar-refractivity contribution in [1.29, 1.82) is 0 Å². The molecule has 0 spiro atoms. The van der Waals surface area contributed by atoms with Gasteiger partial charge in [0.25, 0.3) is 0 Å². The third-order valence-corrected chi connectivity index (χ3v) is 2.89. The summed E-state index contributed by atoms with van der Waals surface area (Å²) in [5.41, 5.74) is 0.402. The van der Waals surface area contributed by atoms with Gasteiger partial charge in [0.15, 0.2) is 4.51 Å². The highest BCUT2D eigenvalue weighted by Gasteiger charge is 2.31. The number of pyridine rings is 1. The van der Waals surface area contributed by atoms with E-state index in [1.165, 1.54) is 32.5 Å². The summed E-state index contributed by atoms with van der Waals surface area (Å²) in [6.45, 7) is 1.58. The smallest absolute Gasteiger partial charge is 0.356 e. The van der Waals surface area contributed by atoms with E-state index in [1.807, 2.05) is 0 Å².